The predicted molar refractivity (Wildman–Crippen MR) is 51.8 cm³/mol. The second-order valence-corrected chi connectivity index (χ2v) is 2.57. The van der Waals surface area contributed by atoms with Crippen LogP contribution in [0.3, 0.4) is 0 Å². The Morgan fingerprint density at radius 2 is 1.79 bits per heavy atom. The Balaban J connectivity index is 3.20. The first-order valence-electron chi connectivity index (χ1n) is 4.12. The number of aromatic nitrogens is 1. The fourth-order valence-corrected chi connectivity index (χ4v) is 1.12. The molecule has 5 heteroatoms. The van der Waals surface area contributed by atoms with Crippen molar-refractivity contribution in [2.45, 2.75) is 6.54 Å². The van der Waals surface area contributed by atoms with Gasteiger partial charge in [-0.1, -0.05) is 0 Å². The van der Waals surface area contributed by atoms with Gasteiger partial charge >= 0.3 is 0 Å². The van der Waals surface area contributed by atoms with Gasteiger partial charge in [-0.3, -0.25) is 0 Å². The molecule has 1 aromatic rings. The van der Waals surface area contributed by atoms with Crippen LogP contribution in [-0.4, -0.2) is 26.3 Å². The zero-order valence-corrected chi connectivity index (χ0v) is 8.53. The number of hydrogen-bond donors (Lipinski definition) is 1. The molecule has 0 aliphatic rings. The second-order valence-electron chi connectivity index (χ2n) is 2.57. The van der Waals surface area contributed by atoms with Crippen LogP contribution in [-0.2, 0) is 6.54 Å². The molecule has 0 aliphatic carbocycles. The SMILES string of the molecule is COc1cc(CN)c(OC)nc1OC. The maximum atomic E-state index is 5.52. The Kier molecular flexibility index (Phi) is 3.53. The molecule has 78 valence electrons. The van der Waals surface area contributed by atoms with Gasteiger partial charge in [-0.15, -0.1) is 0 Å². The Labute approximate surface area is 82.8 Å². The molecule has 0 atom stereocenters. The van der Waals surface area contributed by atoms with Crippen LogP contribution in [0.5, 0.6) is 17.5 Å². The third-order valence-corrected chi connectivity index (χ3v) is 1.82. The van der Waals surface area contributed by atoms with E-state index in [1.165, 1.54) is 14.2 Å². The molecule has 0 aliphatic heterocycles. The number of nitrogens with zero attached hydrogens (tertiary/aromatic N) is 1. The van der Waals surface area contributed by atoms with E-state index in [0.29, 0.717) is 24.1 Å². The molecule has 14 heavy (non-hydrogen) atoms. The van der Waals surface area contributed by atoms with Crippen molar-refractivity contribution in [1.29, 1.82) is 0 Å². The largest absolute Gasteiger partial charge is 0.491 e. The number of pyridine rings is 1. The van der Waals surface area contributed by atoms with E-state index in [1.807, 2.05) is 0 Å². The van der Waals surface area contributed by atoms with Gasteiger partial charge in [-0.25, -0.2) is 0 Å². The molecular weight excluding hydrogens is 184 g/mol. The van der Waals surface area contributed by atoms with Crippen LogP contribution >= 0.6 is 0 Å². The van der Waals surface area contributed by atoms with E-state index in [1.54, 1.807) is 13.2 Å². The number of methoxy groups -OCH3 is 3. The summed E-state index contributed by atoms with van der Waals surface area (Å²) in [6.07, 6.45) is 0. The lowest BCUT2D eigenvalue weighted by Gasteiger charge is -2.11. The van der Waals surface area contributed by atoms with E-state index in [0.717, 1.165) is 5.56 Å². The van der Waals surface area contributed by atoms with Gasteiger partial charge < -0.3 is 19.9 Å². The summed E-state index contributed by atoms with van der Waals surface area (Å²) < 4.78 is 15.2. The summed E-state index contributed by atoms with van der Waals surface area (Å²) >= 11 is 0. The van der Waals surface area contributed by atoms with Crippen LogP contribution in [0.25, 0.3) is 0 Å². The zero-order valence-electron chi connectivity index (χ0n) is 8.53. The summed E-state index contributed by atoms with van der Waals surface area (Å²) in [6, 6.07) is 1.75. The van der Waals surface area contributed by atoms with E-state index >= 15 is 0 Å². The minimum absolute atomic E-state index is 0.344. The topological polar surface area (TPSA) is 66.6 Å². The highest BCUT2D eigenvalue weighted by molar-refractivity contribution is 5.42. The summed E-state index contributed by atoms with van der Waals surface area (Å²) in [5, 5.41) is 0. The van der Waals surface area contributed by atoms with Crippen molar-refractivity contribution >= 4 is 0 Å². The van der Waals surface area contributed by atoms with E-state index in [2.05, 4.69) is 4.98 Å². The molecule has 1 rings (SSSR count). The lowest BCUT2D eigenvalue weighted by Crippen LogP contribution is -2.04. The Bertz CT molecular complexity index is 257. The van der Waals surface area contributed by atoms with Crippen molar-refractivity contribution in [3.8, 4) is 17.5 Å². The van der Waals surface area contributed by atoms with Crippen LogP contribution < -0.4 is 19.9 Å². The molecule has 1 aromatic heterocycles. The molecule has 0 unspecified atom stereocenters. The summed E-state index contributed by atoms with van der Waals surface area (Å²) in [5.74, 6) is 1.40. The van der Waals surface area contributed by atoms with Gasteiger partial charge in [-0.2, -0.15) is 4.98 Å². The molecule has 2 N–H and O–H groups in total. The van der Waals surface area contributed by atoms with Gasteiger partial charge in [0.2, 0.25) is 5.88 Å². The molecule has 0 radical (unpaired) electrons. The predicted octanol–water partition coefficient (Wildman–Crippen LogP) is 0.566. The molecule has 0 saturated carbocycles. The highest BCUT2D eigenvalue weighted by Crippen LogP contribution is 2.30. The molecule has 0 saturated heterocycles. The van der Waals surface area contributed by atoms with Gasteiger partial charge in [0.05, 0.1) is 21.3 Å². The van der Waals surface area contributed by atoms with Gasteiger partial charge in [0, 0.05) is 12.1 Å². The van der Waals surface area contributed by atoms with Gasteiger partial charge in [0.1, 0.15) is 0 Å². The van der Waals surface area contributed by atoms with Gasteiger partial charge in [0.25, 0.3) is 5.88 Å². The zero-order chi connectivity index (χ0) is 10.6. The third kappa shape index (κ3) is 1.88. The second kappa shape index (κ2) is 4.66. The molecule has 0 spiro atoms. The average molecular weight is 198 g/mol. The van der Waals surface area contributed by atoms with Crippen molar-refractivity contribution in [3.05, 3.63) is 11.6 Å². The highest BCUT2D eigenvalue weighted by atomic mass is 16.5. The highest BCUT2D eigenvalue weighted by Gasteiger charge is 2.11. The lowest BCUT2D eigenvalue weighted by atomic mass is 10.2. The van der Waals surface area contributed by atoms with Crippen LogP contribution in [0.4, 0.5) is 0 Å². The fourth-order valence-electron chi connectivity index (χ4n) is 1.12. The first-order valence-corrected chi connectivity index (χ1v) is 4.12. The minimum atomic E-state index is 0.344. The Morgan fingerprint density at radius 3 is 2.21 bits per heavy atom. The van der Waals surface area contributed by atoms with Crippen molar-refractivity contribution in [3.63, 3.8) is 0 Å². The number of rotatable bonds is 4. The number of nitrogens with two attached hydrogens (primary N) is 1. The maximum Gasteiger partial charge on any atom is 0.260 e. The molecule has 1 heterocycles. The smallest absolute Gasteiger partial charge is 0.260 e. The fraction of sp³-hybridized carbons (Fsp3) is 0.444. The molecule has 5 nitrogen and oxygen atoms in total. The first kappa shape index (κ1) is 10.6. The van der Waals surface area contributed by atoms with Crippen LogP contribution in [0.2, 0.25) is 0 Å². The summed E-state index contributed by atoms with van der Waals surface area (Å²) in [7, 11) is 4.60. The molecule has 0 fully saturated rings. The Hall–Kier alpha value is -1.49. The molecule has 0 amide bonds. The first-order chi connectivity index (χ1) is 6.76. The normalized spacial score (nSPS) is 9.71. The molecule has 0 aromatic carbocycles. The van der Waals surface area contributed by atoms with Gasteiger partial charge in [0.15, 0.2) is 5.75 Å². The Morgan fingerprint density at radius 1 is 1.14 bits per heavy atom. The summed E-state index contributed by atoms with van der Waals surface area (Å²) in [4.78, 5) is 4.10. The van der Waals surface area contributed by atoms with E-state index in [9.17, 15) is 0 Å². The van der Waals surface area contributed by atoms with Crippen LogP contribution in [0.1, 0.15) is 5.56 Å². The molecule has 0 bridgehead atoms. The van der Waals surface area contributed by atoms with Crippen molar-refractivity contribution in [1.82, 2.24) is 4.98 Å². The van der Waals surface area contributed by atoms with Crippen molar-refractivity contribution in [2.75, 3.05) is 21.3 Å². The summed E-state index contributed by atoms with van der Waals surface area (Å²) in [6.45, 7) is 0.344. The number of hydrogen-bond acceptors (Lipinski definition) is 5. The van der Waals surface area contributed by atoms with E-state index < -0.39 is 0 Å². The third-order valence-electron chi connectivity index (χ3n) is 1.82. The van der Waals surface area contributed by atoms with Gasteiger partial charge in [-0.05, 0) is 6.07 Å². The van der Waals surface area contributed by atoms with E-state index in [-0.39, 0.29) is 0 Å². The standard InChI is InChI=1S/C9H14N2O3/c1-12-7-4-6(5-10)8(13-2)11-9(7)14-3/h4H,5,10H2,1-3H3. The summed E-state index contributed by atoms with van der Waals surface area (Å²) in [5.41, 5.74) is 6.31. The number of ether oxygens (including phenoxy) is 3. The lowest BCUT2D eigenvalue weighted by molar-refractivity contribution is 0.327. The monoisotopic (exact) mass is 198 g/mol. The molecular formula is C9H14N2O3. The minimum Gasteiger partial charge on any atom is -0.491 e. The van der Waals surface area contributed by atoms with Crippen molar-refractivity contribution < 1.29 is 14.2 Å². The average Bonchev–Trinajstić information content (AvgIpc) is 2.26. The quantitative estimate of drug-likeness (QED) is 0.766. The van der Waals surface area contributed by atoms with E-state index in [4.69, 9.17) is 19.9 Å². The maximum absolute atomic E-state index is 5.52. The van der Waals surface area contributed by atoms with Crippen LogP contribution in [0, 0.1) is 0 Å². The van der Waals surface area contributed by atoms with Crippen LogP contribution in [0.15, 0.2) is 6.07 Å². The van der Waals surface area contributed by atoms with Crippen molar-refractivity contribution in [2.24, 2.45) is 5.73 Å².